The van der Waals surface area contributed by atoms with Crippen LogP contribution >= 0.6 is 11.6 Å². The van der Waals surface area contributed by atoms with E-state index in [1.54, 1.807) is 12.3 Å². The molecule has 9 heteroatoms. The monoisotopic (exact) mass is 344 g/mol. The molecule has 2 aromatic heterocycles. The second kappa shape index (κ2) is 5.93. The Morgan fingerprint density at radius 1 is 1.39 bits per heavy atom. The molecule has 122 valence electrons. The molecule has 1 N–H and O–H groups in total. The summed E-state index contributed by atoms with van der Waals surface area (Å²) in [6, 6.07) is 1.77. The number of fused-ring (bicyclic) bond motifs is 1. The van der Waals surface area contributed by atoms with Crippen LogP contribution in [0.1, 0.15) is 22.6 Å². The lowest BCUT2D eigenvalue weighted by atomic mass is 10.1. The molecule has 0 aromatic carbocycles. The van der Waals surface area contributed by atoms with Gasteiger partial charge in [0.1, 0.15) is 0 Å². The van der Waals surface area contributed by atoms with Crippen LogP contribution in [0.25, 0.3) is 0 Å². The lowest BCUT2D eigenvalue weighted by molar-refractivity contribution is -0.145. The molecule has 0 spiro atoms. The number of hydrogen-bond donors (Lipinski definition) is 1. The van der Waals surface area contributed by atoms with E-state index in [1.807, 2.05) is 9.88 Å². The highest BCUT2D eigenvalue weighted by molar-refractivity contribution is 6.31. The SMILES string of the molecule is O=c1[nH]c(C(F)(F)F)nc2c1CN(Cc1ccncc1Cl)CC2. The molecule has 0 saturated heterocycles. The molecule has 0 saturated carbocycles. The molecule has 23 heavy (non-hydrogen) atoms. The van der Waals surface area contributed by atoms with Gasteiger partial charge in [-0.15, -0.1) is 0 Å². The summed E-state index contributed by atoms with van der Waals surface area (Å²) < 4.78 is 38.0. The van der Waals surface area contributed by atoms with Gasteiger partial charge in [-0.05, 0) is 11.6 Å². The molecular formula is C14H12ClF3N4O. The topological polar surface area (TPSA) is 61.9 Å². The smallest absolute Gasteiger partial charge is 0.303 e. The largest absolute Gasteiger partial charge is 0.449 e. The number of hydrogen-bond acceptors (Lipinski definition) is 4. The van der Waals surface area contributed by atoms with E-state index in [-0.39, 0.29) is 24.2 Å². The molecule has 0 radical (unpaired) electrons. The van der Waals surface area contributed by atoms with E-state index in [2.05, 4.69) is 9.97 Å². The Balaban J connectivity index is 1.84. The first-order chi connectivity index (χ1) is 10.8. The van der Waals surface area contributed by atoms with Crippen molar-refractivity contribution in [2.24, 2.45) is 0 Å². The molecule has 5 nitrogen and oxygen atoms in total. The average Bonchev–Trinajstić information content (AvgIpc) is 2.49. The van der Waals surface area contributed by atoms with Gasteiger partial charge in [-0.2, -0.15) is 13.2 Å². The van der Waals surface area contributed by atoms with Crippen molar-refractivity contribution in [1.82, 2.24) is 19.9 Å². The summed E-state index contributed by atoms with van der Waals surface area (Å²) in [5, 5.41) is 0.512. The molecule has 1 aliphatic heterocycles. The normalized spacial score (nSPS) is 15.5. The average molecular weight is 345 g/mol. The first-order valence-electron chi connectivity index (χ1n) is 6.84. The number of alkyl halides is 3. The van der Waals surface area contributed by atoms with Crippen molar-refractivity contribution in [2.75, 3.05) is 6.54 Å². The molecule has 2 aromatic rings. The molecule has 0 bridgehead atoms. The van der Waals surface area contributed by atoms with Crippen LogP contribution in [0.2, 0.25) is 5.02 Å². The summed E-state index contributed by atoms with van der Waals surface area (Å²) in [6.07, 6.45) is -1.23. The quantitative estimate of drug-likeness (QED) is 0.908. The number of aromatic amines is 1. The second-order valence-corrected chi connectivity index (χ2v) is 5.67. The van der Waals surface area contributed by atoms with Gasteiger partial charge in [0.25, 0.3) is 5.56 Å². The third kappa shape index (κ3) is 3.37. The van der Waals surface area contributed by atoms with Crippen LogP contribution in [0.15, 0.2) is 23.3 Å². The maximum absolute atomic E-state index is 12.7. The van der Waals surface area contributed by atoms with Crippen molar-refractivity contribution in [3.8, 4) is 0 Å². The molecule has 3 rings (SSSR count). The lowest BCUT2D eigenvalue weighted by Gasteiger charge is -2.28. The zero-order chi connectivity index (χ0) is 16.6. The van der Waals surface area contributed by atoms with Crippen LogP contribution in [0.4, 0.5) is 13.2 Å². The van der Waals surface area contributed by atoms with Crippen molar-refractivity contribution >= 4 is 11.6 Å². The number of nitrogens with zero attached hydrogens (tertiary/aromatic N) is 3. The van der Waals surface area contributed by atoms with Crippen molar-refractivity contribution in [3.05, 3.63) is 56.5 Å². The van der Waals surface area contributed by atoms with Gasteiger partial charge in [-0.1, -0.05) is 11.6 Å². The van der Waals surface area contributed by atoms with Crippen LogP contribution < -0.4 is 5.56 Å². The Hall–Kier alpha value is -1.93. The summed E-state index contributed by atoms with van der Waals surface area (Å²) in [4.78, 5) is 23.2. The fraction of sp³-hybridized carbons (Fsp3) is 0.357. The first-order valence-corrected chi connectivity index (χ1v) is 7.22. The number of H-pyrrole nitrogens is 1. The minimum absolute atomic E-state index is 0.207. The maximum atomic E-state index is 12.7. The van der Waals surface area contributed by atoms with Crippen LogP contribution in [0.3, 0.4) is 0 Å². The molecule has 1 aliphatic rings. The van der Waals surface area contributed by atoms with Gasteiger partial charge in [0.05, 0.1) is 16.3 Å². The van der Waals surface area contributed by atoms with E-state index in [1.165, 1.54) is 6.20 Å². The number of halogens is 4. The van der Waals surface area contributed by atoms with Crippen molar-refractivity contribution in [2.45, 2.75) is 25.7 Å². The van der Waals surface area contributed by atoms with E-state index in [9.17, 15) is 18.0 Å². The van der Waals surface area contributed by atoms with Crippen LogP contribution in [0.5, 0.6) is 0 Å². The molecule has 0 fully saturated rings. The van der Waals surface area contributed by atoms with Gasteiger partial charge in [0.15, 0.2) is 0 Å². The van der Waals surface area contributed by atoms with E-state index in [0.717, 1.165) is 5.56 Å². The first kappa shape index (κ1) is 15.9. The van der Waals surface area contributed by atoms with E-state index in [0.29, 0.717) is 18.1 Å². The van der Waals surface area contributed by atoms with Crippen LogP contribution in [-0.4, -0.2) is 26.4 Å². The standard InChI is InChI=1S/C14H12ClF3N4O/c15-10-5-19-3-1-8(10)6-22-4-2-11-9(7-22)12(23)21-13(20-11)14(16,17)18/h1,3,5H,2,4,6-7H2,(H,20,21,23). The second-order valence-electron chi connectivity index (χ2n) is 5.27. The summed E-state index contributed by atoms with van der Waals surface area (Å²) in [5.74, 6) is -1.24. The van der Waals surface area contributed by atoms with Gasteiger partial charge in [-0.3, -0.25) is 14.7 Å². The highest BCUT2D eigenvalue weighted by Gasteiger charge is 2.35. The number of pyridine rings is 1. The summed E-state index contributed by atoms with van der Waals surface area (Å²) >= 11 is 6.05. The number of aromatic nitrogens is 3. The summed E-state index contributed by atoms with van der Waals surface area (Å²) in [5.41, 5.74) is 0.585. The predicted molar refractivity (Wildman–Crippen MR) is 76.9 cm³/mol. The summed E-state index contributed by atoms with van der Waals surface area (Å²) in [7, 11) is 0. The van der Waals surface area contributed by atoms with Gasteiger partial charge in [0.2, 0.25) is 5.82 Å². The predicted octanol–water partition coefficient (Wildman–Crippen LogP) is 2.40. The highest BCUT2D eigenvalue weighted by Crippen LogP contribution is 2.27. The minimum Gasteiger partial charge on any atom is -0.303 e. The van der Waals surface area contributed by atoms with Gasteiger partial charge in [0, 0.05) is 38.4 Å². The van der Waals surface area contributed by atoms with Gasteiger partial charge < -0.3 is 4.98 Å². The van der Waals surface area contributed by atoms with Crippen LogP contribution in [-0.2, 0) is 25.7 Å². The molecule has 3 heterocycles. The van der Waals surface area contributed by atoms with Crippen LogP contribution in [0, 0.1) is 0 Å². The fourth-order valence-electron chi connectivity index (χ4n) is 2.52. The Morgan fingerprint density at radius 2 is 2.17 bits per heavy atom. The van der Waals surface area contributed by atoms with E-state index in [4.69, 9.17) is 11.6 Å². The maximum Gasteiger partial charge on any atom is 0.449 e. The van der Waals surface area contributed by atoms with E-state index < -0.39 is 17.6 Å². The molecule has 0 atom stereocenters. The fourth-order valence-corrected chi connectivity index (χ4v) is 2.70. The van der Waals surface area contributed by atoms with Crippen molar-refractivity contribution in [3.63, 3.8) is 0 Å². The van der Waals surface area contributed by atoms with Crippen molar-refractivity contribution < 1.29 is 13.2 Å². The number of rotatable bonds is 2. The summed E-state index contributed by atoms with van der Waals surface area (Å²) in [6.45, 7) is 1.22. The minimum atomic E-state index is -4.66. The Morgan fingerprint density at radius 3 is 2.87 bits per heavy atom. The molecule has 0 unspecified atom stereocenters. The highest BCUT2D eigenvalue weighted by atomic mass is 35.5. The molecular weight excluding hydrogens is 333 g/mol. The zero-order valence-electron chi connectivity index (χ0n) is 11.8. The van der Waals surface area contributed by atoms with Gasteiger partial charge >= 0.3 is 6.18 Å². The number of nitrogens with one attached hydrogen (secondary N) is 1. The van der Waals surface area contributed by atoms with E-state index >= 15 is 0 Å². The Bertz CT molecular complexity index is 790. The van der Waals surface area contributed by atoms with Crippen molar-refractivity contribution in [1.29, 1.82) is 0 Å². The Labute approximate surface area is 134 Å². The third-order valence-corrected chi connectivity index (χ3v) is 4.01. The Kier molecular flexibility index (Phi) is 4.11. The third-order valence-electron chi connectivity index (χ3n) is 3.67. The molecule has 0 amide bonds. The van der Waals surface area contributed by atoms with Gasteiger partial charge in [-0.25, -0.2) is 4.98 Å². The molecule has 0 aliphatic carbocycles. The lowest BCUT2D eigenvalue weighted by Crippen LogP contribution is -2.36. The zero-order valence-corrected chi connectivity index (χ0v) is 12.6.